The van der Waals surface area contributed by atoms with Gasteiger partial charge in [-0.2, -0.15) is 0 Å². The first kappa shape index (κ1) is 24.4. The Kier molecular flexibility index (Phi) is 8.00. The molecule has 0 aliphatic carbocycles. The molecule has 3 amide bonds. The zero-order chi connectivity index (χ0) is 24.1. The summed E-state index contributed by atoms with van der Waals surface area (Å²) in [6.45, 7) is 7.57. The number of nitrogens with zero attached hydrogens (tertiary/aromatic N) is 3. The van der Waals surface area contributed by atoms with Gasteiger partial charge >= 0.3 is 0 Å². The summed E-state index contributed by atoms with van der Waals surface area (Å²) in [5.74, 6) is -0.209. The highest BCUT2D eigenvalue weighted by atomic mass is 32.1. The molecular weight excluding hydrogens is 448 g/mol. The van der Waals surface area contributed by atoms with Crippen molar-refractivity contribution < 1.29 is 14.4 Å². The molecule has 4 rings (SSSR count). The van der Waals surface area contributed by atoms with Crippen LogP contribution in [-0.2, 0) is 16.0 Å². The van der Waals surface area contributed by atoms with Gasteiger partial charge in [-0.3, -0.25) is 14.4 Å². The molecule has 1 N–H and O–H groups in total. The van der Waals surface area contributed by atoms with Gasteiger partial charge in [0.1, 0.15) is 6.04 Å². The molecule has 0 saturated carbocycles. The third-order valence-electron chi connectivity index (χ3n) is 6.69. The number of likely N-dealkylation sites (tertiary alicyclic amines) is 1. The molecule has 3 heterocycles. The third kappa shape index (κ3) is 5.50. The van der Waals surface area contributed by atoms with Crippen LogP contribution in [0, 0.1) is 5.92 Å². The van der Waals surface area contributed by atoms with Gasteiger partial charge in [-0.1, -0.05) is 50.2 Å². The lowest BCUT2D eigenvalue weighted by molar-refractivity contribution is -0.138. The molecule has 8 heteroatoms. The van der Waals surface area contributed by atoms with Gasteiger partial charge in [-0.05, 0) is 29.9 Å². The Hall–Kier alpha value is -2.71. The fourth-order valence-electron chi connectivity index (χ4n) is 4.83. The summed E-state index contributed by atoms with van der Waals surface area (Å²) in [6.07, 6.45) is 1.22. The van der Waals surface area contributed by atoms with Crippen LogP contribution in [0.1, 0.15) is 35.5 Å². The van der Waals surface area contributed by atoms with E-state index in [9.17, 15) is 14.4 Å². The summed E-state index contributed by atoms with van der Waals surface area (Å²) in [4.78, 5) is 46.3. The van der Waals surface area contributed by atoms with Gasteiger partial charge in [0.25, 0.3) is 5.91 Å². The monoisotopic (exact) mass is 482 g/mol. The number of hydrogen-bond acceptors (Lipinski definition) is 5. The number of nitrogens with one attached hydrogen (secondary N) is 1. The van der Waals surface area contributed by atoms with Gasteiger partial charge in [0, 0.05) is 45.2 Å². The first-order chi connectivity index (χ1) is 16.5. The highest BCUT2D eigenvalue weighted by Crippen LogP contribution is 2.28. The predicted molar refractivity (Wildman–Crippen MR) is 134 cm³/mol. The molecule has 34 heavy (non-hydrogen) atoms. The number of carbonyl (C=O) groups is 3. The SMILES string of the molecule is CC(C)C(=O)N(CCc1ccccc1)C1CC(C(=O)N2CCNCC2)N(C(=O)c2cccs2)C1. The van der Waals surface area contributed by atoms with Crippen molar-refractivity contribution in [1.29, 1.82) is 0 Å². The van der Waals surface area contributed by atoms with Crippen LogP contribution < -0.4 is 5.32 Å². The van der Waals surface area contributed by atoms with E-state index in [1.165, 1.54) is 16.9 Å². The molecule has 2 atom stereocenters. The summed E-state index contributed by atoms with van der Waals surface area (Å²) >= 11 is 1.39. The van der Waals surface area contributed by atoms with Crippen molar-refractivity contribution in [1.82, 2.24) is 20.0 Å². The van der Waals surface area contributed by atoms with Gasteiger partial charge in [0.05, 0.1) is 10.9 Å². The van der Waals surface area contributed by atoms with Crippen LogP contribution in [0.4, 0.5) is 0 Å². The summed E-state index contributed by atoms with van der Waals surface area (Å²) in [5, 5.41) is 5.15. The van der Waals surface area contributed by atoms with Gasteiger partial charge in [0.2, 0.25) is 11.8 Å². The van der Waals surface area contributed by atoms with Crippen LogP contribution in [0.15, 0.2) is 47.8 Å². The molecule has 7 nitrogen and oxygen atoms in total. The van der Waals surface area contributed by atoms with Crippen molar-refractivity contribution in [2.45, 2.75) is 38.8 Å². The molecule has 2 aliphatic heterocycles. The lowest BCUT2D eigenvalue weighted by Gasteiger charge is -2.32. The number of thiophene rings is 1. The van der Waals surface area contributed by atoms with Gasteiger partial charge in [-0.15, -0.1) is 11.3 Å². The molecule has 1 aromatic heterocycles. The molecule has 2 aromatic rings. The Morgan fingerprint density at radius 1 is 1.09 bits per heavy atom. The summed E-state index contributed by atoms with van der Waals surface area (Å²) in [6, 6.07) is 13.1. The van der Waals surface area contributed by atoms with Crippen molar-refractivity contribution in [3.05, 3.63) is 58.3 Å². The second-order valence-electron chi connectivity index (χ2n) is 9.34. The maximum absolute atomic E-state index is 13.5. The Morgan fingerprint density at radius 3 is 2.47 bits per heavy atom. The average molecular weight is 483 g/mol. The highest BCUT2D eigenvalue weighted by molar-refractivity contribution is 7.12. The van der Waals surface area contributed by atoms with Crippen LogP contribution in [0.3, 0.4) is 0 Å². The molecule has 2 fully saturated rings. The van der Waals surface area contributed by atoms with Crippen LogP contribution in [-0.4, -0.2) is 83.8 Å². The van der Waals surface area contributed by atoms with Crippen LogP contribution in [0.5, 0.6) is 0 Å². The first-order valence-corrected chi connectivity index (χ1v) is 13.0. The molecule has 182 valence electrons. The van der Waals surface area contributed by atoms with Crippen molar-refractivity contribution in [2.75, 3.05) is 39.3 Å². The van der Waals surface area contributed by atoms with E-state index in [1.54, 1.807) is 11.0 Å². The molecular formula is C26H34N4O3S. The van der Waals surface area contributed by atoms with E-state index in [0.717, 1.165) is 19.5 Å². The smallest absolute Gasteiger partial charge is 0.264 e. The predicted octanol–water partition coefficient (Wildman–Crippen LogP) is 2.49. The zero-order valence-corrected chi connectivity index (χ0v) is 20.8. The number of hydrogen-bond donors (Lipinski definition) is 1. The number of rotatable bonds is 7. The van der Waals surface area contributed by atoms with E-state index in [1.807, 2.05) is 53.3 Å². The van der Waals surface area contributed by atoms with E-state index < -0.39 is 6.04 Å². The van der Waals surface area contributed by atoms with E-state index in [-0.39, 0.29) is 29.7 Å². The minimum Gasteiger partial charge on any atom is -0.338 e. The maximum Gasteiger partial charge on any atom is 0.264 e. The van der Waals surface area contributed by atoms with E-state index >= 15 is 0 Å². The maximum atomic E-state index is 13.5. The normalized spacial score (nSPS) is 20.6. The topological polar surface area (TPSA) is 73.0 Å². The van der Waals surface area contributed by atoms with E-state index in [2.05, 4.69) is 17.4 Å². The first-order valence-electron chi connectivity index (χ1n) is 12.1. The van der Waals surface area contributed by atoms with Crippen LogP contribution >= 0.6 is 11.3 Å². The van der Waals surface area contributed by atoms with Gasteiger partial charge < -0.3 is 20.0 Å². The summed E-state index contributed by atoms with van der Waals surface area (Å²) < 4.78 is 0. The number of piperazine rings is 1. The van der Waals surface area contributed by atoms with Crippen molar-refractivity contribution in [3.63, 3.8) is 0 Å². The molecule has 1 aromatic carbocycles. The second kappa shape index (κ2) is 11.1. The lowest BCUT2D eigenvalue weighted by Crippen LogP contribution is -2.53. The standard InChI is InChI=1S/C26H34N4O3S/c1-19(2)24(31)29(13-10-20-7-4-3-5-8-20)21-17-22(25(32)28-14-11-27-12-15-28)30(18-21)26(33)23-9-6-16-34-23/h3-9,16,19,21-22,27H,10-15,17-18H2,1-2H3. The molecule has 0 bridgehead atoms. The highest BCUT2D eigenvalue weighted by Gasteiger charge is 2.45. The number of benzene rings is 1. The average Bonchev–Trinajstić information content (AvgIpc) is 3.55. The van der Waals surface area contributed by atoms with Crippen LogP contribution in [0.2, 0.25) is 0 Å². The Morgan fingerprint density at radius 2 is 1.82 bits per heavy atom. The Labute approximate surface area is 205 Å². The minimum atomic E-state index is -0.545. The van der Waals surface area contributed by atoms with Crippen molar-refractivity contribution >= 4 is 29.1 Å². The summed E-state index contributed by atoms with van der Waals surface area (Å²) in [7, 11) is 0. The van der Waals surface area contributed by atoms with Gasteiger partial charge in [0.15, 0.2) is 0 Å². The number of carbonyl (C=O) groups excluding carboxylic acids is 3. The van der Waals surface area contributed by atoms with E-state index in [4.69, 9.17) is 0 Å². The lowest BCUT2D eigenvalue weighted by atomic mass is 10.0. The second-order valence-corrected chi connectivity index (χ2v) is 10.3. The fourth-order valence-corrected chi connectivity index (χ4v) is 5.51. The van der Waals surface area contributed by atoms with Crippen LogP contribution in [0.25, 0.3) is 0 Å². The zero-order valence-electron chi connectivity index (χ0n) is 20.0. The third-order valence-corrected chi connectivity index (χ3v) is 7.55. The molecule has 2 saturated heterocycles. The van der Waals surface area contributed by atoms with Gasteiger partial charge in [-0.25, -0.2) is 0 Å². The van der Waals surface area contributed by atoms with Crippen molar-refractivity contribution in [3.8, 4) is 0 Å². The quantitative estimate of drug-likeness (QED) is 0.658. The molecule has 2 aliphatic rings. The fraction of sp³-hybridized carbons (Fsp3) is 0.500. The minimum absolute atomic E-state index is 0.00564. The van der Waals surface area contributed by atoms with E-state index in [0.29, 0.717) is 37.5 Å². The Bertz CT molecular complexity index is 973. The number of amides is 3. The Balaban J connectivity index is 1.57. The largest absolute Gasteiger partial charge is 0.338 e. The molecule has 0 spiro atoms. The van der Waals surface area contributed by atoms with Crippen molar-refractivity contribution in [2.24, 2.45) is 5.92 Å². The molecule has 2 unspecified atom stereocenters. The molecule has 0 radical (unpaired) electrons. The summed E-state index contributed by atoms with van der Waals surface area (Å²) in [5.41, 5.74) is 1.17.